The van der Waals surface area contributed by atoms with E-state index in [0.717, 1.165) is 52.8 Å². The van der Waals surface area contributed by atoms with Crippen LogP contribution in [0.1, 0.15) is 63.4 Å². The van der Waals surface area contributed by atoms with Gasteiger partial charge in [-0.15, -0.1) is 0 Å². The molecule has 1 aliphatic heterocycles. The number of Topliss-reactive ketones (excluding diaryl/α,β-unsaturated/α-hetero) is 2. The van der Waals surface area contributed by atoms with Crippen molar-refractivity contribution in [2.45, 2.75) is 57.8 Å². The quantitative estimate of drug-likeness (QED) is 0.511. The Balaban J connectivity index is 1.87. The summed E-state index contributed by atoms with van der Waals surface area (Å²) in [5.41, 5.74) is 2.21. The summed E-state index contributed by atoms with van der Waals surface area (Å²) < 4.78 is 18.5. The van der Waals surface area contributed by atoms with Gasteiger partial charge in [0.15, 0.2) is 23.1 Å². The van der Waals surface area contributed by atoms with Crippen LogP contribution >= 0.6 is 22.6 Å². The van der Waals surface area contributed by atoms with E-state index in [1.807, 2.05) is 12.1 Å². The van der Waals surface area contributed by atoms with E-state index >= 15 is 0 Å². The van der Waals surface area contributed by atoms with Crippen LogP contribution in [0, 0.1) is 3.57 Å². The molecule has 0 bridgehead atoms. The van der Waals surface area contributed by atoms with Gasteiger partial charge in [0.1, 0.15) is 11.5 Å². The zero-order valence-electron chi connectivity index (χ0n) is 16.8. The molecule has 6 heteroatoms. The van der Waals surface area contributed by atoms with Gasteiger partial charge >= 0.3 is 0 Å². The van der Waals surface area contributed by atoms with Crippen molar-refractivity contribution >= 4 is 34.2 Å². The third-order valence-corrected chi connectivity index (χ3v) is 6.48. The highest BCUT2D eigenvalue weighted by atomic mass is 127. The summed E-state index contributed by atoms with van der Waals surface area (Å²) in [4.78, 5) is 25.8. The Bertz CT molecular complexity index is 885. The average molecular weight is 508 g/mol. The van der Waals surface area contributed by atoms with Crippen LogP contribution < -0.4 is 9.47 Å². The minimum Gasteiger partial charge on any atom is -0.493 e. The van der Waals surface area contributed by atoms with Gasteiger partial charge in [0.2, 0.25) is 0 Å². The predicted molar refractivity (Wildman–Crippen MR) is 117 cm³/mol. The first-order valence-corrected chi connectivity index (χ1v) is 11.3. The van der Waals surface area contributed by atoms with Gasteiger partial charge in [-0.1, -0.05) is 6.92 Å². The van der Waals surface area contributed by atoms with E-state index in [1.165, 1.54) is 0 Å². The summed E-state index contributed by atoms with van der Waals surface area (Å²) in [6.07, 6.45) is 4.99. The third-order valence-electron chi connectivity index (χ3n) is 5.68. The molecule has 1 aromatic rings. The van der Waals surface area contributed by atoms with Gasteiger partial charge in [0.05, 0.1) is 17.3 Å². The maximum atomic E-state index is 12.9. The van der Waals surface area contributed by atoms with Crippen LogP contribution in [0.4, 0.5) is 0 Å². The first-order chi connectivity index (χ1) is 14.0. The van der Waals surface area contributed by atoms with Crippen LogP contribution in [0.15, 0.2) is 34.8 Å². The Kier molecular flexibility index (Phi) is 5.99. The summed E-state index contributed by atoms with van der Waals surface area (Å²) in [5.74, 6) is 2.63. The Morgan fingerprint density at radius 3 is 2.21 bits per heavy atom. The van der Waals surface area contributed by atoms with Crippen molar-refractivity contribution in [2.24, 2.45) is 0 Å². The molecular formula is C23H25IO5. The second-order valence-corrected chi connectivity index (χ2v) is 8.81. The van der Waals surface area contributed by atoms with Gasteiger partial charge in [0.25, 0.3) is 0 Å². The second kappa shape index (κ2) is 8.50. The van der Waals surface area contributed by atoms with Crippen molar-refractivity contribution in [2.75, 3.05) is 13.7 Å². The first kappa shape index (κ1) is 20.4. The Hall–Kier alpha value is -1.83. The van der Waals surface area contributed by atoms with Crippen molar-refractivity contribution in [1.82, 2.24) is 0 Å². The maximum Gasteiger partial charge on any atom is 0.174 e. The fourth-order valence-electron chi connectivity index (χ4n) is 4.40. The van der Waals surface area contributed by atoms with E-state index < -0.39 is 0 Å². The number of methoxy groups -OCH3 is 1. The van der Waals surface area contributed by atoms with Gasteiger partial charge in [-0.2, -0.15) is 0 Å². The topological polar surface area (TPSA) is 61.8 Å². The molecular weight excluding hydrogens is 483 g/mol. The summed E-state index contributed by atoms with van der Waals surface area (Å²) in [6, 6.07) is 3.94. The molecule has 0 N–H and O–H groups in total. The van der Waals surface area contributed by atoms with Gasteiger partial charge in [-0.3, -0.25) is 9.59 Å². The number of allylic oxidation sites excluding steroid dienone is 4. The number of carbonyl (C=O) groups is 2. The molecule has 1 heterocycles. The Morgan fingerprint density at radius 1 is 1.03 bits per heavy atom. The number of hydrogen-bond donors (Lipinski definition) is 0. The molecule has 0 atom stereocenters. The molecule has 0 aromatic heterocycles. The maximum absolute atomic E-state index is 12.9. The molecule has 1 aromatic carbocycles. The molecule has 0 saturated heterocycles. The van der Waals surface area contributed by atoms with Crippen molar-refractivity contribution in [3.63, 3.8) is 0 Å². The van der Waals surface area contributed by atoms with Crippen LogP contribution in [0.5, 0.6) is 11.5 Å². The summed E-state index contributed by atoms with van der Waals surface area (Å²) in [5, 5.41) is 0. The molecule has 29 heavy (non-hydrogen) atoms. The van der Waals surface area contributed by atoms with Crippen molar-refractivity contribution in [3.05, 3.63) is 43.9 Å². The normalized spacial score (nSPS) is 19.7. The van der Waals surface area contributed by atoms with Gasteiger partial charge in [-0.25, -0.2) is 0 Å². The molecule has 2 aliphatic carbocycles. The van der Waals surface area contributed by atoms with Crippen molar-refractivity contribution in [1.29, 1.82) is 0 Å². The monoisotopic (exact) mass is 508 g/mol. The molecule has 4 rings (SSSR count). The number of rotatable bonds is 5. The van der Waals surface area contributed by atoms with E-state index in [1.54, 1.807) is 7.11 Å². The largest absolute Gasteiger partial charge is 0.493 e. The SMILES string of the molecule is CCCOc1c(I)cc(C2C3=C(CCCC3=O)OC3=C2C(=O)CCC3)cc1OC. The zero-order valence-corrected chi connectivity index (χ0v) is 19.0. The van der Waals surface area contributed by atoms with E-state index in [4.69, 9.17) is 14.2 Å². The van der Waals surface area contributed by atoms with E-state index in [-0.39, 0.29) is 17.5 Å². The number of ether oxygens (including phenoxy) is 3. The second-order valence-electron chi connectivity index (χ2n) is 7.64. The fourth-order valence-corrected chi connectivity index (χ4v) is 5.18. The Morgan fingerprint density at radius 2 is 1.66 bits per heavy atom. The number of carbonyl (C=O) groups excluding carboxylic acids is 2. The lowest BCUT2D eigenvalue weighted by molar-refractivity contribution is -0.117. The third kappa shape index (κ3) is 3.71. The van der Waals surface area contributed by atoms with Crippen molar-refractivity contribution < 1.29 is 23.8 Å². The summed E-state index contributed by atoms with van der Waals surface area (Å²) in [7, 11) is 1.62. The summed E-state index contributed by atoms with van der Waals surface area (Å²) in [6.45, 7) is 2.66. The molecule has 5 nitrogen and oxygen atoms in total. The lowest BCUT2D eigenvalue weighted by atomic mass is 9.73. The molecule has 0 saturated carbocycles. The number of halogens is 1. The molecule has 0 radical (unpaired) electrons. The van der Waals surface area contributed by atoms with Gasteiger partial charge in [0, 0.05) is 42.7 Å². The molecule has 0 spiro atoms. The molecule has 0 amide bonds. The van der Waals surface area contributed by atoms with Crippen molar-refractivity contribution in [3.8, 4) is 11.5 Å². The van der Waals surface area contributed by atoms with Crippen LogP contribution in [-0.4, -0.2) is 25.3 Å². The highest BCUT2D eigenvalue weighted by Gasteiger charge is 2.42. The number of benzene rings is 1. The lowest BCUT2D eigenvalue weighted by Gasteiger charge is -2.36. The smallest absolute Gasteiger partial charge is 0.174 e. The highest BCUT2D eigenvalue weighted by molar-refractivity contribution is 14.1. The number of hydrogen-bond acceptors (Lipinski definition) is 5. The minimum atomic E-state index is -0.378. The minimum absolute atomic E-state index is 0.0847. The van der Waals surface area contributed by atoms with Crippen LogP contribution in [0.3, 0.4) is 0 Å². The van der Waals surface area contributed by atoms with E-state index in [2.05, 4.69) is 29.5 Å². The van der Waals surface area contributed by atoms with Crippen LogP contribution in [0.25, 0.3) is 0 Å². The fraction of sp³-hybridized carbons (Fsp3) is 0.478. The van der Waals surface area contributed by atoms with Gasteiger partial charge in [-0.05, 0) is 59.5 Å². The molecule has 154 valence electrons. The standard InChI is InChI=1S/C23H25IO5/c1-3-10-28-23-14(24)11-13(12-19(23)27-2)20-21-15(25)6-4-8-17(21)29-18-9-5-7-16(26)22(18)20/h11-12,20H,3-10H2,1-2H3. The molecule has 3 aliphatic rings. The van der Waals surface area contributed by atoms with E-state index in [9.17, 15) is 9.59 Å². The predicted octanol–water partition coefficient (Wildman–Crippen LogP) is 5.22. The zero-order chi connectivity index (χ0) is 20.5. The summed E-state index contributed by atoms with van der Waals surface area (Å²) >= 11 is 2.24. The first-order valence-electron chi connectivity index (χ1n) is 10.3. The van der Waals surface area contributed by atoms with Crippen LogP contribution in [0.2, 0.25) is 0 Å². The highest BCUT2D eigenvalue weighted by Crippen LogP contribution is 2.49. The average Bonchev–Trinajstić information content (AvgIpc) is 2.71. The van der Waals surface area contributed by atoms with Crippen LogP contribution in [-0.2, 0) is 14.3 Å². The Labute approximate surface area is 184 Å². The van der Waals surface area contributed by atoms with E-state index in [0.29, 0.717) is 42.1 Å². The molecule has 0 fully saturated rings. The molecule has 0 unspecified atom stereocenters. The lowest BCUT2D eigenvalue weighted by Crippen LogP contribution is -2.30. The van der Waals surface area contributed by atoms with Gasteiger partial charge < -0.3 is 14.2 Å². The number of ketones is 2.